The maximum absolute atomic E-state index is 13.3. The van der Waals surface area contributed by atoms with Crippen molar-refractivity contribution in [1.29, 1.82) is 0 Å². The molecule has 3 aromatic carbocycles. The second kappa shape index (κ2) is 8.41. The van der Waals surface area contributed by atoms with Crippen molar-refractivity contribution in [2.75, 3.05) is 13.1 Å². The van der Waals surface area contributed by atoms with Crippen LogP contribution in [-0.2, 0) is 15.1 Å². The molecule has 0 spiro atoms. The standard InChI is InChI=1S/C25H25NO2/c27-24(20-11-10-18-26-19-20)28-25(21-12-4-1-5-13-21,22-14-6-2-7-15-22)23-16-8-3-9-17-23/h1-9,12-17,20,26H,10-11,18-19H2. The van der Waals surface area contributed by atoms with Gasteiger partial charge in [-0.1, -0.05) is 91.0 Å². The highest BCUT2D eigenvalue weighted by Gasteiger charge is 2.41. The minimum Gasteiger partial charge on any atom is -0.444 e. The minimum atomic E-state index is -0.974. The third kappa shape index (κ3) is 3.58. The third-order valence-electron chi connectivity index (χ3n) is 5.42. The lowest BCUT2D eigenvalue weighted by Gasteiger charge is -2.37. The van der Waals surface area contributed by atoms with E-state index < -0.39 is 5.60 Å². The number of carbonyl (C=O) groups is 1. The number of esters is 1. The van der Waals surface area contributed by atoms with Crippen LogP contribution in [0.3, 0.4) is 0 Å². The van der Waals surface area contributed by atoms with Gasteiger partial charge in [0.15, 0.2) is 5.60 Å². The molecule has 0 amide bonds. The molecule has 3 nitrogen and oxygen atoms in total. The molecule has 1 saturated heterocycles. The molecule has 1 N–H and O–H groups in total. The van der Waals surface area contributed by atoms with Gasteiger partial charge in [0.2, 0.25) is 0 Å². The molecule has 0 bridgehead atoms. The highest BCUT2D eigenvalue weighted by atomic mass is 16.6. The van der Waals surface area contributed by atoms with Crippen molar-refractivity contribution in [2.24, 2.45) is 5.92 Å². The number of benzene rings is 3. The van der Waals surface area contributed by atoms with Crippen LogP contribution in [0.2, 0.25) is 0 Å². The van der Waals surface area contributed by atoms with E-state index in [2.05, 4.69) is 5.32 Å². The summed E-state index contributed by atoms with van der Waals surface area (Å²) in [5.74, 6) is -0.270. The molecule has 0 aromatic heterocycles. The first-order valence-corrected chi connectivity index (χ1v) is 9.91. The second-order valence-electron chi connectivity index (χ2n) is 7.24. The molecule has 0 saturated carbocycles. The lowest BCUT2D eigenvalue weighted by atomic mass is 9.80. The maximum atomic E-state index is 13.3. The maximum Gasteiger partial charge on any atom is 0.311 e. The summed E-state index contributed by atoms with van der Waals surface area (Å²) in [6.07, 6.45) is 1.86. The van der Waals surface area contributed by atoms with Crippen molar-refractivity contribution < 1.29 is 9.53 Å². The molecule has 142 valence electrons. The van der Waals surface area contributed by atoms with E-state index >= 15 is 0 Å². The summed E-state index contributed by atoms with van der Waals surface area (Å²) < 4.78 is 6.46. The molecular weight excluding hydrogens is 346 g/mol. The van der Waals surface area contributed by atoms with Crippen LogP contribution in [-0.4, -0.2) is 19.1 Å². The predicted molar refractivity (Wildman–Crippen MR) is 111 cm³/mol. The monoisotopic (exact) mass is 371 g/mol. The summed E-state index contributed by atoms with van der Waals surface area (Å²) >= 11 is 0. The Morgan fingerprint density at radius 2 is 1.25 bits per heavy atom. The first-order chi connectivity index (χ1) is 13.8. The molecule has 1 atom stereocenters. The lowest BCUT2D eigenvalue weighted by molar-refractivity contribution is -0.159. The molecule has 28 heavy (non-hydrogen) atoms. The van der Waals surface area contributed by atoms with Gasteiger partial charge < -0.3 is 10.1 Å². The van der Waals surface area contributed by atoms with Gasteiger partial charge in [0.25, 0.3) is 0 Å². The van der Waals surface area contributed by atoms with E-state index in [9.17, 15) is 4.79 Å². The summed E-state index contributed by atoms with van der Waals surface area (Å²) in [5.41, 5.74) is 1.87. The van der Waals surface area contributed by atoms with E-state index in [-0.39, 0.29) is 11.9 Å². The summed E-state index contributed by atoms with van der Waals surface area (Å²) in [6, 6.07) is 30.1. The van der Waals surface area contributed by atoms with Crippen molar-refractivity contribution in [2.45, 2.75) is 18.4 Å². The van der Waals surface area contributed by atoms with Crippen LogP contribution in [0, 0.1) is 5.92 Å². The van der Waals surface area contributed by atoms with Crippen LogP contribution in [0.25, 0.3) is 0 Å². The Labute approximate surface area is 166 Å². The average Bonchev–Trinajstić information content (AvgIpc) is 2.80. The van der Waals surface area contributed by atoms with Crippen molar-refractivity contribution in [3.8, 4) is 0 Å². The number of hydrogen-bond donors (Lipinski definition) is 1. The predicted octanol–water partition coefficient (Wildman–Crippen LogP) is 4.52. The Hall–Kier alpha value is -2.91. The van der Waals surface area contributed by atoms with E-state index in [1.165, 1.54) is 0 Å². The summed E-state index contributed by atoms with van der Waals surface area (Å²) in [5, 5.41) is 3.32. The van der Waals surface area contributed by atoms with Crippen LogP contribution in [0.15, 0.2) is 91.0 Å². The molecule has 1 heterocycles. The topological polar surface area (TPSA) is 38.3 Å². The van der Waals surface area contributed by atoms with E-state index in [1.54, 1.807) is 0 Å². The third-order valence-corrected chi connectivity index (χ3v) is 5.42. The quantitative estimate of drug-likeness (QED) is 0.529. The van der Waals surface area contributed by atoms with Crippen LogP contribution < -0.4 is 5.32 Å². The zero-order valence-electron chi connectivity index (χ0n) is 15.9. The van der Waals surface area contributed by atoms with E-state index in [0.29, 0.717) is 6.54 Å². The van der Waals surface area contributed by atoms with Gasteiger partial charge in [-0.05, 0) is 19.4 Å². The Morgan fingerprint density at radius 1 is 0.786 bits per heavy atom. The van der Waals surface area contributed by atoms with Gasteiger partial charge in [-0.15, -0.1) is 0 Å². The van der Waals surface area contributed by atoms with Crippen molar-refractivity contribution in [3.05, 3.63) is 108 Å². The summed E-state index contributed by atoms with van der Waals surface area (Å²) in [6.45, 7) is 1.64. The Morgan fingerprint density at radius 3 is 1.64 bits per heavy atom. The molecule has 1 aliphatic rings. The Balaban J connectivity index is 1.87. The zero-order chi connectivity index (χ0) is 19.2. The Kier molecular flexibility index (Phi) is 5.54. The number of piperidine rings is 1. The molecule has 1 fully saturated rings. The molecule has 3 aromatic rings. The van der Waals surface area contributed by atoms with Gasteiger partial charge in [0.1, 0.15) is 0 Å². The number of carbonyl (C=O) groups excluding carboxylic acids is 1. The van der Waals surface area contributed by atoms with E-state index in [4.69, 9.17) is 4.74 Å². The molecule has 1 unspecified atom stereocenters. The fourth-order valence-corrected chi connectivity index (χ4v) is 3.98. The van der Waals surface area contributed by atoms with Gasteiger partial charge in [0, 0.05) is 23.2 Å². The SMILES string of the molecule is O=C(OC(c1ccccc1)(c1ccccc1)c1ccccc1)C1CCCNC1. The molecule has 0 radical (unpaired) electrons. The van der Waals surface area contributed by atoms with Gasteiger partial charge in [-0.2, -0.15) is 0 Å². The van der Waals surface area contributed by atoms with Gasteiger partial charge in [-0.3, -0.25) is 4.79 Å². The number of nitrogens with one attached hydrogen (secondary N) is 1. The van der Waals surface area contributed by atoms with Crippen LogP contribution in [0.1, 0.15) is 29.5 Å². The normalized spacial score (nSPS) is 17.1. The number of ether oxygens (including phenoxy) is 1. The minimum absolute atomic E-state index is 0.121. The smallest absolute Gasteiger partial charge is 0.311 e. The van der Waals surface area contributed by atoms with Crippen molar-refractivity contribution in [3.63, 3.8) is 0 Å². The molecular formula is C25H25NO2. The first kappa shape index (κ1) is 18.5. The lowest BCUT2D eigenvalue weighted by Crippen LogP contribution is -2.41. The molecule has 4 rings (SSSR count). The van der Waals surface area contributed by atoms with Gasteiger partial charge in [0.05, 0.1) is 5.92 Å². The number of hydrogen-bond acceptors (Lipinski definition) is 3. The fourth-order valence-electron chi connectivity index (χ4n) is 3.98. The van der Waals surface area contributed by atoms with Crippen molar-refractivity contribution in [1.82, 2.24) is 5.32 Å². The largest absolute Gasteiger partial charge is 0.444 e. The molecule has 3 heteroatoms. The van der Waals surface area contributed by atoms with Gasteiger partial charge >= 0.3 is 5.97 Å². The molecule has 0 aliphatic carbocycles. The van der Waals surface area contributed by atoms with Crippen LogP contribution in [0.4, 0.5) is 0 Å². The van der Waals surface area contributed by atoms with Crippen molar-refractivity contribution >= 4 is 5.97 Å². The van der Waals surface area contributed by atoms with E-state index in [0.717, 1.165) is 36.1 Å². The number of rotatable bonds is 5. The second-order valence-corrected chi connectivity index (χ2v) is 7.24. The highest BCUT2D eigenvalue weighted by Crippen LogP contribution is 2.41. The van der Waals surface area contributed by atoms with Crippen LogP contribution in [0.5, 0.6) is 0 Å². The fraction of sp³-hybridized carbons (Fsp3) is 0.240. The van der Waals surface area contributed by atoms with Gasteiger partial charge in [-0.25, -0.2) is 0 Å². The highest BCUT2D eigenvalue weighted by molar-refractivity contribution is 5.75. The first-order valence-electron chi connectivity index (χ1n) is 9.91. The average molecular weight is 371 g/mol. The van der Waals surface area contributed by atoms with E-state index in [1.807, 2.05) is 91.0 Å². The summed E-state index contributed by atoms with van der Waals surface area (Å²) in [7, 11) is 0. The van der Waals surface area contributed by atoms with Crippen LogP contribution >= 0.6 is 0 Å². The molecule has 1 aliphatic heterocycles. The zero-order valence-corrected chi connectivity index (χ0v) is 15.9. The Bertz CT molecular complexity index is 791. The summed E-state index contributed by atoms with van der Waals surface area (Å²) in [4.78, 5) is 13.3.